The first-order valence-electron chi connectivity index (χ1n) is 12.9. The molecule has 0 aliphatic rings. The fourth-order valence-electron chi connectivity index (χ4n) is 4.28. The van der Waals surface area contributed by atoms with E-state index in [2.05, 4.69) is 4.57 Å². The molecule has 2 aromatic carbocycles. The summed E-state index contributed by atoms with van der Waals surface area (Å²) in [4.78, 5) is 30.5. The van der Waals surface area contributed by atoms with Crippen molar-refractivity contribution >= 4 is 28.6 Å². The topological polar surface area (TPSA) is 86.8 Å². The van der Waals surface area contributed by atoms with Gasteiger partial charge in [-0.2, -0.15) is 0 Å². The number of carbonyl (C=O) groups is 2. The molecule has 0 atom stereocenters. The first kappa shape index (κ1) is 27.0. The Morgan fingerprint density at radius 3 is 2.47 bits per heavy atom. The van der Waals surface area contributed by atoms with E-state index in [1.54, 1.807) is 11.9 Å². The lowest BCUT2D eigenvalue weighted by Gasteiger charge is -2.18. The van der Waals surface area contributed by atoms with Gasteiger partial charge in [0.2, 0.25) is 5.91 Å². The molecule has 8 heteroatoms. The molecule has 38 heavy (non-hydrogen) atoms. The summed E-state index contributed by atoms with van der Waals surface area (Å²) in [6.45, 7) is 8.59. The van der Waals surface area contributed by atoms with Gasteiger partial charge in [-0.15, -0.1) is 0 Å². The zero-order chi connectivity index (χ0) is 27.2. The van der Waals surface area contributed by atoms with Crippen LogP contribution < -0.4 is 9.64 Å². The van der Waals surface area contributed by atoms with Crippen LogP contribution in [0.15, 0.2) is 59.0 Å². The SMILES string of the molecule is CCOc1ccc(Cc2nc3cc(N(C)C(=O)CC(C)C)ccc3n2Cc2ccc(COC(C)=O)o2)cc1. The summed E-state index contributed by atoms with van der Waals surface area (Å²) in [7, 11) is 1.80. The van der Waals surface area contributed by atoms with Gasteiger partial charge in [-0.25, -0.2) is 4.98 Å². The second kappa shape index (κ2) is 12.0. The van der Waals surface area contributed by atoms with Crippen LogP contribution in [0.4, 0.5) is 5.69 Å². The molecule has 4 aromatic rings. The minimum absolute atomic E-state index is 0.0734. The molecule has 0 aliphatic heterocycles. The molecular weight excluding hydrogens is 482 g/mol. The number of hydrogen-bond acceptors (Lipinski definition) is 6. The number of carbonyl (C=O) groups excluding carboxylic acids is 2. The number of fused-ring (bicyclic) bond motifs is 1. The number of anilines is 1. The summed E-state index contributed by atoms with van der Waals surface area (Å²) < 4.78 is 18.7. The number of aromatic nitrogens is 2. The van der Waals surface area contributed by atoms with Crippen LogP contribution in [0.2, 0.25) is 0 Å². The highest BCUT2D eigenvalue weighted by molar-refractivity contribution is 5.95. The van der Waals surface area contributed by atoms with Crippen LogP contribution in [-0.4, -0.2) is 35.1 Å². The van der Waals surface area contributed by atoms with Crippen LogP contribution in [0, 0.1) is 5.92 Å². The Kier molecular flexibility index (Phi) is 8.51. The van der Waals surface area contributed by atoms with E-state index in [0.717, 1.165) is 39.6 Å². The van der Waals surface area contributed by atoms with E-state index in [9.17, 15) is 9.59 Å². The third kappa shape index (κ3) is 6.62. The molecule has 2 heterocycles. The van der Waals surface area contributed by atoms with E-state index in [4.69, 9.17) is 18.9 Å². The van der Waals surface area contributed by atoms with Crippen LogP contribution in [0.25, 0.3) is 11.0 Å². The second-order valence-electron chi connectivity index (χ2n) is 9.74. The van der Waals surface area contributed by atoms with Gasteiger partial charge in [0, 0.05) is 32.5 Å². The highest BCUT2D eigenvalue weighted by atomic mass is 16.5. The average Bonchev–Trinajstić information content (AvgIpc) is 3.47. The van der Waals surface area contributed by atoms with Crippen molar-refractivity contribution in [2.45, 2.75) is 53.7 Å². The van der Waals surface area contributed by atoms with Crippen molar-refractivity contribution in [2.24, 2.45) is 5.92 Å². The van der Waals surface area contributed by atoms with E-state index in [0.29, 0.717) is 31.8 Å². The molecule has 4 rings (SSSR count). The number of esters is 1. The number of hydrogen-bond donors (Lipinski definition) is 0. The number of imidazole rings is 1. The van der Waals surface area contributed by atoms with Crippen molar-refractivity contribution in [2.75, 3.05) is 18.6 Å². The van der Waals surface area contributed by atoms with Gasteiger partial charge < -0.3 is 23.4 Å². The maximum atomic E-state index is 12.7. The van der Waals surface area contributed by atoms with Crippen LogP contribution >= 0.6 is 0 Å². The Bertz CT molecular complexity index is 1400. The predicted molar refractivity (Wildman–Crippen MR) is 146 cm³/mol. The highest BCUT2D eigenvalue weighted by Gasteiger charge is 2.18. The van der Waals surface area contributed by atoms with Gasteiger partial charge in [0.15, 0.2) is 0 Å². The molecule has 0 N–H and O–H groups in total. The van der Waals surface area contributed by atoms with Crippen molar-refractivity contribution in [3.8, 4) is 5.75 Å². The largest absolute Gasteiger partial charge is 0.494 e. The van der Waals surface area contributed by atoms with Crippen LogP contribution in [-0.2, 0) is 33.9 Å². The van der Waals surface area contributed by atoms with Crippen molar-refractivity contribution in [3.63, 3.8) is 0 Å². The van der Waals surface area contributed by atoms with Crippen molar-refractivity contribution < 1.29 is 23.5 Å². The minimum Gasteiger partial charge on any atom is -0.494 e. The Morgan fingerprint density at radius 1 is 1.05 bits per heavy atom. The lowest BCUT2D eigenvalue weighted by molar-refractivity contribution is -0.142. The van der Waals surface area contributed by atoms with Crippen molar-refractivity contribution in [3.05, 3.63) is 77.5 Å². The van der Waals surface area contributed by atoms with Gasteiger partial charge in [-0.3, -0.25) is 9.59 Å². The van der Waals surface area contributed by atoms with Gasteiger partial charge in [0.05, 0.1) is 24.2 Å². The molecule has 0 fully saturated rings. The van der Waals surface area contributed by atoms with Crippen LogP contribution in [0.3, 0.4) is 0 Å². The van der Waals surface area contributed by atoms with Gasteiger partial charge >= 0.3 is 5.97 Å². The van der Waals surface area contributed by atoms with Crippen LogP contribution in [0.1, 0.15) is 57.0 Å². The smallest absolute Gasteiger partial charge is 0.303 e. The Morgan fingerprint density at radius 2 is 1.79 bits per heavy atom. The fraction of sp³-hybridized carbons (Fsp3) is 0.367. The minimum atomic E-state index is -0.353. The molecule has 0 unspecified atom stereocenters. The molecule has 0 aliphatic carbocycles. The van der Waals surface area contributed by atoms with Gasteiger partial charge in [0.1, 0.15) is 29.7 Å². The standard InChI is InChI=1S/C30H35N3O5/c1-6-36-24-10-7-22(8-11-24)16-29-31-27-17-23(32(5)30(35)15-20(2)3)9-14-28(27)33(29)18-25-12-13-26(38-25)19-37-21(4)34/h7-14,17,20H,6,15-16,18-19H2,1-5H3. The van der Waals surface area contributed by atoms with Gasteiger partial charge in [-0.05, 0) is 60.9 Å². The van der Waals surface area contributed by atoms with E-state index < -0.39 is 0 Å². The normalized spacial score (nSPS) is 11.2. The second-order valence-corrected chi connectivity index (χ2v) is 9.74. The van der Waals surface area contributed by atoms with Crippen molar-refractivity contribution in [1.82, 2.24) is 9.55 Å². The average molecular weight is 518 g/mol. The van der Waals surface area contributed by atoms with E-state index in [-0.39, 0.29) is 24.4 Å². The number of ether oxygens (including phenoxy) is 2. The third-order valence-corrected chi connectivity index (χ3v) is 6.20. The quantitative estimate of drug-likeness (QED) is 0.236. The zero-order valence-electron chi connectivity index (χ0n) is 22.7. The number of nitrogens with zero attached hydrogens (tertiary/aromatic N) is 3. The summed E-state index contributed by atoms with van der Waals surface area (Å²) in [6, 6.07) is 17.6. The molecular formula is C30H35N3O5. The first-order valence-corrected chi connectivity index (χ1v) is 12.9. The molecule has 0 spiro atoms. The van der Waals surface area contributed by atoms with E-state index in [1.165, 1.54) is 6.92 Å². The molecule has 2 aromatic heterocycles. The molecule has 8 nitrogen and oxygen atoms in total. The zero-order valence-corrected chi connectivity index (χ0v) is 22.7. The summed E-state index contributed by atoms with van der Waals surface area (Å²) in [5, 5.41) is 0. The van der Waals surface area contributed by atoms with Gasteiger partial charge in [0.25, 0.3) is 0 Å². The maximum absolute atomic E-state index is 12.7. The summed E-state index contributed by atoms with van der Waals surface area (Å²) in [6.07, 6.45) is 1.10. The molecule has 0 radical (unpaired) electrons. The molecule has 1 amide bonds. The first-order chi connectivity index (χ1) is 18.2. The van der Waals surface area contributed by atoms with E-state index >= 15 is 0 Å². The number of furan rings is 1. The summed E-state index contributed by atoms with van der Waals surface area (Å²) in [5.41, 5.74) is 3.66. The van der Waals surface area contributed by atoms with Gasteiger partial charge in [-0.1, -0.05) is 26.0 Å². The predicted octanol–water partition coefficient (Wildman–Crippen LogP) is 5.74. The maximum Gasteiger partial charge on any atom is 0.303 e. The van der Waals surface area contributed by atoms with E-state index in [1.807, 2.05) is 75.4 Å². The Hall–Kier alpha value is -4.07. The molecule has 0 saturated heterocycles. The third-order valence-electron chi connectivity index (χ3n) is 6.20. The van der Waals surface area contributed by atoms with Crippen LogP contribution in [0.5, 0.6) is 5.75 Å². The molecule has 0 bridgehead atoms. The number of rotatable bonds is 11. The lowest BCUT2D eigenvalue weighted by atomic mass is 10.1. The molecule has 0 saturated carbocycles. The summed E-state index contributed by atoms with van der Waals surface area (Å²) in [5.74, 6) is 3.02. The molecule has 200 valence electrons. The number of benzene rings is 2. The Labute approximate surface area is 223 Å². The highest BCUT2D eigenvalue weighted by Crippen LogP contribution is 2.26. The summed E-state index contributed by atoms with van der Waals surface area (Å²) >= 11 is 0. The number of amides is 1. The Balaban J connectivity index is 1.67. The lowest BCUT2D eigenvalue weighted by Crippen LogP contribution is -2.27. The fourth-order valence-corrected chi connectivity index (χ4v) is 4.28. The van der Waals surface area contributed by atoms with Crippen molar-refractivity contribution in [1.29, 1.82) is 0 Å². The monoisotopic (exact) mass is 517 g/mol.